The average Bonchev–Trinajstić information content (AvgIpc) is 4.02. The Balaban J connectivity index is 0.961. The molecule has 2 aromatic heterocycles. The summed E-state index contributed by atoms with van der Waals surface area (Å²) >= 11 is 0. The van der Waals surface area contributed by atoms with Crippen molar-refractivity contribution in [2.75, 3.05) is 64.9 Å². The summed E-state index contributed by atoms with van der Waals surface area (Å²) in [7, 11) is 5.26. The minimum atomic E-state index is -0.0382. The molecule has 9 nitrogen and oxygen atoms in total. The van der Waals surface area contributed by atoms with Crippen molar-refractivity contribution in [3.8, 4) is 22.6 Å². The number of carbonyl (C=O) groups excluding carboxylic acids is 1. The molecular formula is C42H53N5O4. The molecule has 7 rings (SSSR count). The molecule has 270 valence electrons. The third-order valence-corrected chi connectivity index (χ3v) is 11.5. The molecule has 51 heavy (non-hydrogen) atoms. The Morgan fingerprint density at radius 2 is 1.59 bits per heavy atom. The Kier molecular flexibility index (Phi) is 10.5. The number of carbonyl (C=O) groups is 1. The highest BCUT2D eigenvalue weighted by atomic mass is 16.5. The van der Waals surface area contributed by atoms with Crippen molar-refractivity contribution in [2.45, 2.75) is 64.8 Å². The van der Waals surface area contributed by atoms with Gasteiger partial charge in [0.25, 0.3) is 5.56 Å². The Labute approximate surface area is 302 Å². The first-order valence-corrected chi connectivity index (χ1v) is 18.8. The van der Waals surface area contributed by atoms with E-state index in [1.54, 1.807) is 39.0 Å². The lowest BCUT2D eigenvalue weighted by atomic mass is 9.92. The van der Waals surface area contributed by atoms with Crippen LogP contribution in [0.1, 0.15) is 79.0 Å². The van der Waals surface area contributed by atoms with Crippen LogP contribution in [0.25, 0.3) is 21.9 Å². The van der Waals surface area contributed by atoms with Gasteiger partial charge in [-0.15, -0.1) is 0 Å². The van der Waals surface area contributed by atoms with Gasteiger partial charge in [0.15, 0.2) is 5.78 Å². The van der Waals surface area contributed by atoms with Crippen molar-refractivity contribution < 1.29 is 14.3 Å². The van der Waals surface area contributed by atoms with E-state index < -0.39 is 0 Å². The standard InChI is InChI=1S/C42H53N5O4/c1-6-30-9-10-33(23-34(30)28(2)48)47-19-17-45(18-20-47)14-11-29-12-15-46(16-13-29)27-38-40(50-4)21-32(22-41(38)51-5)37-26-44(3)42(49)36-25-43-39(24-35(36)37)31-7-8-31/h9-10,21-26,29,31H,6-8,11-20,27H2,1-5H3. The van der Waals surface area contributed by atoms with Gasteiger partial charge < -0.3 is 18.9 Å². The Morgan fingerprint density at radius 1 is 0.882 bits per heavy atom. The highest BCUT2D eigenvalue weighted by Gasteiger charge is 2.27. The van der Waals surface area contributed by atoms with Gasteiger partial charge in [-0.1, -0.05) is 13.0 Å². The van der Waals surface area contributed by atoms with Crippen molar-refractivity contribution in [3.05, 3.63) is 81.5 Å². The fourth-order valence-electron chi connectivity index (χ4n) is 8.15. The molecule has 1 aliphatic carbocycles. The second kappa shape index (κ2) is 15.2. The molecule has 0 atom stereocenters. The molecule has 2 saturated heterocycles. The fourth-order valence-corrected chi connectivity index (χ4v) is 8.15. The van der Waals surface area contributed by atoms with E-state index in [0.29, 0.717) is 11.3 Å². The van der Waals surface area contributed by atoms with Crippen molar-refractivity contribution in [2.24, 2.45) is 13.0 Å². The number of piperazine rings is 1. The van der Waals surface area contributed by atoms with E-state index in [4.69, 9.17) is 9.47 Å². The van der Waals surface area contributed by atoms with Crippen LogP contribution < -0.4 is 19.9 Å². The van der Waals surface area contributed by atoms with Crippen molar-refractivity contribution in [1.29, 1.82) is 0 Å². The Morgan fingerprint density at radius 3 is 2.22 bits per heavy atom. The molecule has 3 fully saturated rings. The van der Waals surface area contributed by atoms with E-state index >= 15 is 0 Å². The molecule has 4 aromatic rings. The average molecular weight is 692 g/mol. The maximum atomic E-state index is 13.0. The lowest BCUT2D eigenvalue weighted by molar-refractivity contribution is 0.101. The minimum Gasteiger partial charge on any atom is -0.496 e. The molecule has 2 aliphatic heterocycles. The molecule has 1 saturated carbocycles. The van der Waals surface area contributed by atoms with E-state index in [1.165, 1.54) is 24.9 Å². The lowest BCUT2D eigenvalue weighted by Crippen LogP contribution is -2.47. The topological polar surface area (TPSA) is 80.1 Å². The van der Waals surface area contributed by atoms with Crippen molar-refractivity contribution >= 4 is 22.2 Å². The molecule has 0 spiro atoms. The summed E-state index contributed by atoms with van der Waals surface area (Å²) in [5.41, 5.74) is 7.22. The number of likely N-dealkylation sites (tertiary alicyclic amines) is 1. The smallest absolute Gasteiger partial charge is 0.259 e. The first kappa shape index (κ1) is 35.2. The monoisotopic (exact) mass is 691 g/mol. The number of methoxy groups -OCH3 is 2. The first-order chi connectivity index (χ1) is 24.8. The number of Topliss-reactive ketones (excluding diaryl/α,β-unsaturated/α-hetero) is 1. The van der Waals surface area contributed by atoms with E-state index in [2.05, 4.69) is 63.0 Å². The highest BCUT2D eigenvalue weighted by Crippen LogP contribution is 2.42. The van der Waals surface area contributed by atoms with Gasteiger partial charge >= 0.3 is 0 Å². The number of ether oxygens (including phenoxy) is 2. The van der Waals surface area contributed by atoms with Crippen LogP contribution in [-0.2, 0) is 20.0 Å². The number of nitrogens with zero attached hydrogens (tertiary/aromatic N) is 5. The molecule has 2 aromatic carbocycles. The SMILES string of the molecule is CCc1ccc(N2CCN(CCC3CCN(Cc4c(OC)cc(-c5cn(C)c(=O)c6cnc(C7CC7)cc56)cc4OC)CC3)CC2)cc1C(C)=O. The quantitative estimate of drug-likeness (QED) is 0.152. The van der Waals surface area contributed by atoms with Crippen LogP contribution in [0.2, 0.25) is 0 Å². The number of pyridine rings is 2. The van der Waals surface area contributed by atoms with E-state index in [1.807, 2.05) is 6.20 Å². The van der Waals surface area contributed by atoms with Gasteiger partial charge in [-0.2, -0.15) is 0 Å². The lowest BCUT2D eigenvalue weighted by Gasteiger charge is -2.38. The molecule has 0 bridgehead atoms. The second-order valence-corrected chi connectivity index (χ2v) is 14.8. The summed E-state index contributed by atoms with van der Waals surface area (Å²) in [6.45, 7) is 11.9. The number of aromatic nitrogens is 2. The summed E-state index contributed by atoms with van der Waals surface area (Å²) in [6, 6.07) is 12.7. The highest BCUT2D eigenvalue weighted by molar-refractivity contribution is 5.97. The molecule has 0 N–H and O–H groups in total. The summed E-state index contributed by atoms with van der Waals surface area (Å²) in [6.07, 6.45) is 10.5. The molecular weight excluding hydrogens is 638 g/mol. The third-order valence-electron chi connectivity index (χ3n) is 11.5. The summed E-state index contributed by atoms with van der Waals surface area (Å²) in [4.78, 5) is 37.5. The molecule has 0 radical (unpaired) electrons. The van der Waals surface area contributed by atoms with Gasteiger partial charge in [-0.3, -0.25) is 24.4 Å². The van der Waals surface area contributed by atoms with Gasteiger partial charge in [0, 0.05) is 80.6 Å². The van der Waals surface area contributed by atoms with Crippen LogP contribution in [0.4, 0.5) is 5.69 Å². The van der Waals surface area contributed by atoms with Gasteiger partial charge in [0.05, 0.1) is 25.2 Å². The van der Waals surface area contributed by atoms with Crippen LogP contribution >= 0.6 is 0 Å². The van der Waals surface area contributed by atoms with Gasteiger partial charge in [-0.05, 0) is 118 Å². The Bertz CT molecular complexity index is 1930. The summed E-state index contributed by atoms with van der Waals surface area (Å²) in [5.74, 6) is 3.00. The normalized spacial score (nSPS) is 17.6. The number of benzene rings is 2. The number of hydrogen-bond acceptors (Lipinski definition) is 8. The molecule has 9 heteroatoms. The number of rotatable bonds is 12. The zero-order valence-electron chi connectivity index (χ0n) is 31.0. The molecule has 0 amide bonds. The van der Waals surface area contributed by atoms with Gasteiger partial charge in [-0.25, -0.2) is 0 Å². The van der Waals surface area contributed by atoms with E-state index in [0.717, 1.165) is 128 Å². The minimum absolute atomic E-state index is 0.0382. The maximum Gasteiger partial charge on any atom is 0.259 e. The van der Waals surface area contributed by atoms with Crippen molar-refractivity contribution in [3.63, 3.8) is 0 Å². The molecule has 0 unspecified atom stereocenters. The predicted octanol–water partition coefficient (Wildman–Crippen LogP) is 6.68. The zero-order chi connectivity index (χ0) is 35.6. The van der Waals surface area contributed by atoms with E-state index in [-0.39, 0.29) is 11.3 Å². The van der Waals surface area contributed by atoms with Crippen LogP contribution in [0.15, 0.2) is 53.6 Å². The van der Waals surface area contributed by atoms with Gasteiger partial charge in [0.1, 0.15) is 11.5 Å². The number of hydrogen-bond donors (Lipinski definition) is 0. The van der Waals surface area contributed by atoms with Crippen LogP contribution in [-0.4, -0.2) is 85.2 Å². The van der Waals surface area contributed by atoms with Crippen LogP contribution in [0, 0.1) is 5.92 Å². The fraction of sp³-hybridized carbons (Fsp3) is 0.500. The summed E-state index contributed by atoms with van der Waals surface area (Å²) in [5, 5.41) is 1.56. The number of aryl methyl sites for hydroxylation is 2. The Hall–Kier alpha value is -4.21. The number of piperidine rings is 1. The number of fused-ring (bicyclic) bond motifs is 1. The zero-order valence-corrected chi connectivity index (χ0v) is 31.0. The second-order valence-electron chi connectivity index (χ2n) is 14.8. The number of ketones is 1. The largest absolute Gasteiger partial charge is 0.496 e. The third kappa shape index (κ3) is 7.56. The summed E-state index contributed by atoms with van der Waals surface area (Å²) < 4.78 is 13.7. The van der Waals surface area contributed by atoms with Gasteiger partial charge in [0.2, 0.25) is 0 Å². The molecule has 4 heterocycles. The molecule has 3 aliphatic rings. The van der Waals surface area contributed by atoms with Crippen LogP contribution in [0.3, 0.4) is 0 Å². The number of anilines is 1. The first-order valence-electron chi connectivity index (χ1n) is 18.8. The van der Waals surface area contributed by atoms with Crippen LogP contribution in [0.5, 0.6) is 11.5 Å². The predicted molar refractivity (Wildman–Crippen MR) is 205 cm³/mol. The van der Waals surface area contributed by atoms with Crippen molar-refractivity contribution in [1.82, 2.24) is 19.4 Å². The maximum absolute atomic E-state index is 13.0. The van der Waals surface area contributed by atoms with E-state index in [9.17, 15) is 9.59 Å².